The molecule has 2 aromatic rings. The summed E-state index contributed by atoms with van der Waals surface area (Å²) in [7, 11) is 1.46. The van der Waals surface area contributed by atoms with Gasteiger partial charge in [0.1, 0.15) is 6.61 Å². The molecule has 0 N–H and O–H groups in total. The second kappa shape index (κ2) is 9.62. The summed E-state index contributed by atoms with van der Waals surface area (Å²) in [5.41, 5.74) is 1.70. The molecule has 0 radical (unpaired) electrons. The Balaban J connectivity index is 1.97. The van der Waals surface area contributed by atoms with Crippen molar-refractivity contribution in [2.75, 3.05) is 13.7 Å². The van der Waals surface area contributed by atoms with Gasteiger partial charge in [0.15, 0.2) is 6.10 Å². The van der Waals surface area contributed by atoms with Gasteiger partial charge in [-0.15, -0.1) is 0 Å². The summed E-state index contributed by atoms with van der Waals surface area (Å²) in [5.74, 6) is 12.1. The molecule has 0 amide bonds. The first-order chi connectivity index (χ1) is 13.3. The predicted molar refractivity (Wildman–Crippen MR) is 108 cm³/mol. The predicted octanol–water partition coefficient (Wildman–Crippen LogP) is 4.36. The lowest BCUT2D eigenvalue weighted by Crippen LogP contribution is -2.21. The van der Waals surface area contributed by atoms with Crippen LogP contribution >= 0.6 is 0 Å². The highest BCUT2D eigenvalue weighted by molar-refractivity contribution is 5.85. The van der Waals surface area contributed by atoms with Crippen LogP contribution in [0.1, 0.15) is 31.2 Å². The summed E-state index contributed by atoms with van der Waals surface area (Å²) in [5, 5.41) is 2.33. The molecule has 1 aliphatic carbocycles. The van der Waals surface area contributed by atoms with Gasteiger partial charge in [0.25, 0.3) is 0 Å². The molecule has 0 aromatic heterocycles. The van der Waals surface area contributed by atoms with Gasteiger partial charge >= 0.3 is 5.97 Å². The van der Waals surface area contributed by atoms with Gasteiger partial charge in [-0.05, 0) is 41.3 Å². The van der Waals surface area contributed by atoms with Crippen LogP contribution in [0.4, 0.5) is 0 Å². The summed E-state index contributed by atoms with van der Waals surface area (Å²) in [6.45, 7) is -0.102. The summed E-state index contributed by atoms with van der Waals surface area (Å²) in [6, 6.07) is 14.4. The van der Waals surface area contributed by atoms with Crippen molar-refractivity contribution in [2.45, 2.75) is 31.8 Å². The van der Waals surface area contributed by atoms with E-state index in [9.17, 15) is 4.79 Å². The first kappa shape index (κ1) is 18.8. The normalized spacial score (nSPS) is 18.1. The van der Waals surface area contributed by atoms with Crippen molar-refractivity contribution in [1.29, 1.82) is 0 Å². The summed E-state index contributed by atoms with van der Waals surface area (Å²) in [6.07, 6.45) is 4.91. The van der Waals surface area contributed by atoms with E-state index in [2.05, 4.69) is 47.9 Å². The molecule has 3 rings (SSSR count). The van der Waals surface area contributed by atoms with Crippen molar-refractivity contribution in [3.8, 4) is 23.7 Å². The highest BCUT2D eigenvalue weighted by Gasteiger charge is 2.16. The molecule has 3 nitrogen and oxygen atoms in total. The van der Waals surface area contributed by atoms with Crippen LogP contribution in [0.25, 0.3) is 16.8 Å². The average Bonchev–Trinajstić information content (AvgIpc) is 2.68. The van der Waals surface area contributed by atoms with Crippen LogP contribution in [0, 0.1) is 23.7 Å². The van der Waals surface area contributed by atoms with E-state index in [1.165, 1.54) is 12.5 Å². The van der Waals surface area contributed by atoms with E-state index in [1.807, 2.05) is 24.3 Å². The molecule has 0 aliphatic heterocycles. The van der Waals surface area contributed by atoms with Crippen molar-refractivity contribution in [2.24, 2.45) is 0 Å². The molecule has 1 aliphatic rings. The highest BCUT2D eigenvalue weighted by atomic mass is 16.6. The molecule has 0 saturated carbocycles. The Bertz CT molecular complexity index is 964. The van der Waals surface area contributed by atoms with E-state index in [4.69, 9.17) is 9.47 Å². The highest BCUT2D eigenvalue weighted by Crippen LogP contribution is 2.19. The minimum absolute atomic E-state index is 0.102. The monoisotopic (exact) mass is 358 g/mol. The minimum atomic E-state index is -0.676. The van der Waals surface area contributed by atoms with Crippen LogP contribution in [0.5, 0.6) is 0 Å². The molecule has 0 heterocycles. The number of hydrogen-bond donors (Lipinski definition) is 0. The topological polar surface area (TPSA) is 35.5 Å². The van der Waals surface area contributed by atoms with Gasteiger partial charge in [-0.3, -0.25) is 0 Å². The number of carbonyl (C=O) groups excluding carboxylic acids is 1. The van der Waals surface area contributed by atoms with E-state index in [-0.39, 0.29) is 6.61 Å². The Kier molecular flexibility index (Phi) is 6.69. The SMILES string of the molecule is COCC(=O)OC1C#CCCCCC#C/C1=C\c1ccc2ccccc2c1. The van der Waals surface area contributed by atoms with Crippen molar-refractivity contribution in [3.05, 3.63) is 53.6 Å². The molecule has 1 atom stereocenters. The molecule has 136 valence electrons. The van der Waals surface area contributed by atoms with E-state index in [0.717, 1.165) is 36.6 Å². The van der Waals surface area contributed by atoms with Crippen LogP contribution in [0.15, 0.2) is 48.0 Å². The molecular formula is C24H22O3. The van der Waals surface area contributed by atoms with Gasteiger partial charge in [0.2, 0.25) is 0 Å². The summed E-state index contributed by atoms with van der Waals surface area (Å²) < 4.78 is 10.4. The molecule has 1 unspecified atom stereocenters. The van der Waals surface area contributed by atoms with Crippen LogP contribution in [-0.4, -0.2) is 25.8 Å². The number of benzene rings is 2. The van der Waals surface area contributed by atoms with Crippen LogP contribution in [0.3, 0.4) is 0 Å². The summed E-state index contributed by atoms with van der Waals surface area (Å²) in [4.78, 5) is 11.9. The molecule has 0 spiro atoms. The fourth-order valence-electron chi connectivity index (χ4n) is 2.86. The number of esters is 1. The Morgan fingerprint density at radius 3 is 2.70 bits per heavy atom. The third kappa shape index (κ3) is 5.48. The third-order valence-corrected chi connectivity index (χ3v) is 4.21. The average molecular weight is 358 g/mol. The fraction of sp³-hybridized carbons (Fsp3) is 0.292. The maximum Gasteiger partial charge on any atom is 0.333 e. The largest absolute Gasteiger partial charge is 0.442 e. The van der Waals surface area contributed by atoms with Crippen LogP contribution in [0.2, 0.25) is 0 Å². The maximum atomic E-state index is 11.9. The zero-order valence-electron chi connectivity index (χ0n) is 15.5. The molecule has 27 heavy (non-hydrogen) atoms. The molecular weight excluding hydrogens is 336 g/mol. The van der Waals surface area contributed by atoms with Crippen LogP contribution < -0.4 is 0 Å². The number of hydrogen-bond acceptors (Lipinski definition) is 3. The van der Waals surface area contributed by atoms with Crippen LogP contribution in [-0.2, 0) is 14.3 Å². The maximum absolute atomic E-state index is 11.9. The molecule has 3 heteroatoms. The smallest absolute Gasteiger partial charge is 0.333 e. The van der Waals surface area contributed by atoms with Crippen molar-refractivity contribution in [3.63, 3.8) is 0 Å². The lowest BCUT2D eigenvalue weighted by molar-refractivity contribution is -0.149. The molecule has 0 saturated heterocycles. The Morgan fingerprint density at radius 1 is 1.11 bits per heavy atom. The lowest BCUT2D eigenvalue weighted by Gasteiger charge is -2.13. The van der Waals surface area contributed by atoms with E-state index in [1.54, 1.807) is 0 Å². The van der Waals surface area contributed by atoms with Gasteiger partial charge in [-0.2, -0.15) is 0 Å². The van der Waals surface area contributed by atoms with E-state index < -0.39 is 12.1 Å². The Labute approximate surface area is 160 Å². The third-order valence-electron chi connectivity index (χ3n) is 4.21. The number of methoxy groups -OCH3 is 1. The molecule has 0 bridgehead atoms. The quantitative estimate of drug-likeness (QED) is 0.602. The first-order valence-corrected chi connectivity index (χ1v) is 9.12. The number of carbonyl (C=O) groups is 1. The standard InChI is InChI=1S/C24H22O3/c1-26-18-24(25)27-23-13-7-5-3-2-4-6-12-22(23)17-19-14-15-20-10-8-9-11-21(20)16-19/h8-11,14-17,23H,2-5,18H2,1H3/b22-17+. The van der Waals surface area contributed by atoms with Crippen molar-refractivity contribution in [1.82, 2.24) is 0 Å². The number of ether oxygens (including phenoxy) is 2. The second-order valence-corrected chi connectivity index (χ2v) is 6.34. The van der Waals surface area contributed by atoms with Gasteiger partial charge < -0.3 is 9.47 Å². The Hall–Kier alpha value is -3.01. The van der Waals surface area contributed by atoms with Gasteiger partial charge in [0, 0.05) is 20.0 Å². The van der Waals surface area contributed by atoms with Gasteiger partial charge in [0.05, 0.1) is 5.57 Å². The van der Waals surface area contributed by atoms with E-state index >= 15 is 0 Å². The number of fused-ring (bicyclic) bond motifs is 1. The fourth-order valence-corrected chi connectivity index (χ4v) is 2.86. The molecule has 0 fully saturated rings. The van der Waals surface area contributed by atoms with Gasteiger partial charge in [-0.1, -0.05) is 60.1 Å². The summed E-state index contributed by atoms with van der Waals surface area (Å²) >= 11 is 0. The van der Waals surface area contributed by atoms with E-state index in [0.29, 0.717) is 5.57 Å². The zero-order chi connectivity index (χ0) is 18.9. The number of rotatable bonds is 4. The van der Waals surface area contributed by atoms with Crippen molar-refractivity contribution >= 4 is 22.8 Å². The van der Waals surface area contributed by atoms with Crippen molar-refractivity contribution < 1.29 is 14.3 Å². The van der Waals surface area contributed by atoms with Gasteiger partial charge in [-0.25, -0.2) is 4.79 Å². The first-order valence-electron chi connectivity index (χ1n) is 9.12. The second-order valence-electron chi connectivity index (χ2n) is 6.34. The minimum Gasteiger partial charge on any atom is -0.442 e. The molecule has 2 aromatic carbocycles. The zero-order valence-corrected chi connectivity index (χ0v) is 15.5. The Morgan fingerprint density at radius 2 is 1.89 bits per heavy atom. The lowest BCUT2D eigenvalue weighted by atomic mass is 10.0.